The average molecular weight is 483 g/mol. The molecule has 4 rings (SSSR count). The fourth-order valence-corrected chi connectivity index (χ4v) is 4.76. The summed E-state index contributed by atoms with van der Waals surface area (Å²) in [5.41, 5.74) is -1.45. The third-order valence-electron chi connectivity index (χ3n) is 6.52. The van der Waals surface area contributed by atoms with Crippen LogP contribution in [0.3, 0.4) is 0 Å². The number of carbonyl (C=O) groups is 3. The Bertz CT molecular complexity index is 1210. The van der Waals surface area contributed by atoms with E-state index in [-0.39, 0.29) is 30.8 Å². The molecule has 0 saturated carbocycles. The molecule has 12 heteroatoms. The lowest BCUT2D eigenvalue weighted by molar-refractivity contribution is -0.385. The third-order valence-corrected chi connectivity index (χ3v) is 6.52. The Kier molecular flexibility index (Phi) is 6.07. The number of nitrogens with zero attached hydrogens (tertiary/aromatic N) is 3. The number of hydrogen-bond acceptors (Lipinski definition) is 9. The van der Waals surface area contributed by atoms with Crippen LogP contribution in [-0.4, -0.2) is 55.2 Å². The van der Waals surface area contributed by atoms with Gasteiger partial charge in [-0.25, -0.2) is 4.79 Å². The first-order chi connectivity index (χ1) is 16.6. The molecule has 1 N–H and O–H groups in total. The van der Waals surface area contributed by atoms with Crippen molar-refractivity contribution in [3.05, 3.63) is 79.9 Å². The first kappa shape index (κ1) is 24.0. The van der Waals surface area contributed by atoms with Crippen molar-refractivity contribution in [1.29, 1.82) is 0 Å². The summed E-state index contributed by atoms with van der Waals surface area (Å²) >= 11 is 0. The van der Waals surface area contributed by atoms with E-state index in [0.29, 0.717) is 11.1 Å². The van der Waals surface area contributed by atoms with Crippen molar-refractivity contribution in [2.45, 2.75) is 44.1 Å². The van der Waals surface area contributed by atoms with Gasteiger partial charge >= 0.3 is 5.97 Å². The van der Waals surface area contributed by atoms with E-state index in [1.165, 1.54) is 55.5 Å². The number of benzene rings is 2. The normalized spacial score (nSPS) is 23.9. The molecule has 35 heavy (non-hydrogen) atoms. The van der Waals surface area contributed by atoms with E-state index in [2.05, 4.69) is 0 Å². The van der Waals surface area contributed by atoms with Crippen LogP contribution in [0.25, 0.3) is 0 Å². The molecular weight excluding hydrogens is 462 g/mol. The van der Waals surface area contributed by atoms with E-state index in [9.17, 15) is 39.7 Å². The van der Waals surface area contributed by atoms with E-state index in [4.69, 9.17) is 4.74 Å². The number of carbonyl (C=O) groups excluding carboxylic acids is 3. The van der Waals surface area contributed by atoms with Crippen molar-refractivity contribution in [3.63, 3.8) is 0 Å². The molecule has 12 nitrogen and oxygen atoms in total. The number of nitro benzene ring substituents is 2. The molecule has 0 aromatic heterocycles. The van der Waals surface area contributed by atoms with E-state index < -0.39 is 51.1 Å². The molecular formula is C23H21N3O9. The maximum Gasteiger partial charge on any atom is 0.340 e. The number of ketones is 1. The Balaban J connectivity index is 1.63. The van der Waals surface area contributed by atoms with Crippen LogP contribution in [0.5, 0.6) is 0 Å². The van der Waals surface area contributed by atoms with E-state index in [1.807, 2.05) is 0 Å². The summed E-state index contributed by atoms with van der Waals surface area (Å²) in [5, 5.41) is 31.8. The summed E-state index contributed by atoms with van der Waals surface area (Å²) in [7, 11) is 0. The number of nitro groups is 2. The van der Waals surface area contributed by atoms with Gasteiger partial charge in [-0.1, -0.05) is 12.1 Å². The van der Waals surface area contributed by atoms with Gasteiger partial charge in [0.15, 0.2) is 5.78 Å². The minimum Gasteiger partial charge on any atom is -0.459 e. The highest BCUT2D eigenvalue weighted by atomic mass is 16.6. The Morgan fingerprint density at radius 3 is 2.06 bits per heavy atom. The van der Waals surface area contributed by atoms with Crippen LogP contribution in [0.15, 0.2) is 48.5 Å². The molecule has 0 aliphatic carbocycles. The Hall–Kier alpha value is -4.19. The summed E-state index contributed by atoms with van der Waals surface area (Å²) in [6.07, 6.45) is -1.40. The zero-order valence-corrected chi connectivity index (χ0v) is 18.5. The highest BCUT2D eigenvalue weighted by Gasteiger charge is 2.69. The lowest BCUT2D eigenvalue weighted by atomic mass is 9.81. The number of Topliss-reactive ketones (excluding diaryl/α,β-unsaturated/α-hetero) is 1. The zero-order chi connectivity index (χ0) is 25.5. The van der Waals surface area contributed by atoms with Crippen LogP contribution in [0, 0.1) is 26.1 Å². The van der Waals surface area contributed by atoms with Crippen molar-refractivity contribution >= 4 is 29.0 Å². The Labute approximate surface area is 198 Å². The number of rotatable bonds is 8. The quantitative estimate of drug-likeness (QED) is 0.193. The number of β-lactam (4-membered cyclic amide) rings is 1. The van der Waals surface area contributed by atoms with E-state index in [1.54, 1.807) is 0 Å². The zero-order valence-electron chi connectivity index (χ0n) is 18.5. The van der Waals surface area contributed by atoms with Crippen molar-refractivity contribution in [2.24, 2.45) is 5.92 Å². The first-order valence-electron chi connectivity index (χ1n) is 10.7. The number of esters is 1. The van der Waals surface area contributed by atoms with Gasteiger partial charge in [0, 0.05) is 37.1 Å². The number of fused-ring (bicyclic) bond motifs is 1. The molecule has 2 heterocycles. The summed E-state index contributed by atoms with van der Waals surface area (Å²) in [6.45, 7) is 1.15. The number of hydrogen-bond donors (Lipinski definition) is 1. The fraction of sp³-hybridized carbons (Fsp3) is 0.348. The molecule has 182 valence electrons. The fourth-order valence-electron chi connectivity index (χ4n) is 4.76. The maximum atomic E-state index is 13.4. The van der Waals surface area contributed by atoms with Gasteiger partial charge in [-0.2, -0.15) is 0 Å². The van der Waals surface area contributed by atoms with Gasteiger partial charge in [-0.3, -0.25) is 29.8 Å². The van der Waals surface area contributed by atoms with E-state index in [0.717, 1.165) is 4.90 Å². The summed E-state index contributed by atoms with van der Waals surface area (Å²) in [6, 6.07) is 9.92. The number of aliphatic hydroxyl groups excluding tert-OH is 1. The second-order valence-corrected chi connectivity index (χ2v) is 8.63. The van der Waals surface area contributed by atoms with Gasteiger partial charge in [0.2, 0.25) is 11.4 Å². The predicted octanol–water partition coefficient (Wildman–Crippen LogP) is 1.71. The Morgan fingerprint density at radius 1 is 1.06 bits per heavy atom. The Morgan fingerprint density at radius 2 is 1.57 bits per heavy atom. The molecule has 0 spiro atoms. The topological polar surface area (TPSA) is 170 Å². The highest BCUT2D eigenvalue weighted by molar-refractivity contribution is 6.16. The lowest BCUT2D eigenvalue weighted by Gasteiger charge is -2.49. The van der Waals surface area contributed by atoms with Gasteiger partial charge in [-0.15, -0.1) is 0 Å². The minimum atomic E-state index is -1.98. The van der Waals surface area contributed by atoms with Crippen LogP contribution in [-0.2, 0) is 32.1 Å². The van der Waals surface area contributed by atoms with Gasteiger partial charge < -0.3 is 14.7 Å². The minimum absolute atomic E-state index is 0.138. The van der Waals surface area contributed by atoms with Crippen LogP contribution < -0.4 is 0 Å². The van der Waals surface area contributed by atoms with Crippen molar-refractivity contribution in [2.75, 3.05) is 0 Å². The largest absolute Gasteiger partial charge is 0.459 e. The molecule has 0 bridgehead atoms. The first-order valence-corrected chi connectivity index (χ1v) is 10.7. The third kappa shape index (κ3) is 4.01. The molecule has 4 atom stereocenters. The molecule has 2 aliphatic heterocycles. The standard InChI is InChI=1S/C23H21N3O9/c1-13(27)20-18-10-19(28)23(24(18)21(20)29,11-14-2-6-16(7-3-14)25(31)32)22(30)35-12-15-4-8-17(9-5-15)26(33)34/h2-9,13,18,20,27H,10-12H2,1H3/t13-,18-,20-,23?/m1/s1. The molecule has 0 radical (unpaired) electrons. The lowest BCUT2D eigenvalue weighted by Crippen LogP contribution is -2.71. The second-order valence-electron chi connectivity index (χ2n) is 8.63. The van der Waals surface area contributed by atoms with Gasteiger partial charge in [0.05, 0.1) is 27.9 Å². The number of non-ortho nitro benzene ring substituents is 2. The molecule has 2 aromatic rings. The number of aliphatic hydroxyl groups is 1. The van der Waals surface area contributed by atoms with Crippen molar-refractivity contribution in [3.8, 4) is 0 Å². The smallest absolute Gasteiger partial charge is 0.340 e. The average Bonchev–Trinajstić information content (AvgIpc) is 3.06. The van der Waals surface area contributed by atoms with Gasteiger partial charge in [0.25, 0.3) is 11.4 Å². The maximum absolute atomic E-state index is 13.4. The molecule has 1 unspecified atom stereocenters. The van der Waals surface area contributed by atoms with Crippen LogP contribution in [0.1, 0.15) is 24.5 Å². The SMILES string of the molecule is C[C@@H](O)[C@H]1C(=O)N2[C@@H]1CC(=O)C2(Cc1ccc([N+](=O)[O-])cc1)C(=O)OCc1ccc([N+](=O)[O-])cc1. The molecule has 2 fully saturated rings. The molecule has 1 amide bonds. The summed E-state index contributed by atoms with van der Waals surface area (Å²) in [4.78, 5) is 61.4. The van der Waals surface area contributed by atoms with E-state index >= 15 is 0 Å². The van der Waals surface area contributed by atoms with Crippen LogP contribution in [0.4, 0.5) is 11.4 Å². The second kappa shape index (κ2) is 8.87. The van der Waals surface area contributed by atoms with Crippen molar-refractivity contribution in [1.82, 2.24) is 4.90 Å². The van der Waals surface area contributed by atoms with Crippen LogP contribution in [0.2, 0.25) is 0 Å². The molecule has 2 aromatic carbocycles. The van der Waals surface area contributed by atoms with Gasteiger partial charge in [0.1, 0.15) is 6.61 Å². The monoisotopic (exact) mass is 483 g/mol. The molecule has 2 aliphatic rings. The summed E-state index contributed by atoms with van der Waals surface area (Å²) < 4.78 is 5.42. The molecule has 2 saturated heterocycles. The summed E-state index contributed by atoms with van der Waals surface area (Å²) in [5.74, 6) is -2.89. The number of amides is 1. The highest BCUT2D eigenvalue weighted by Crippen LogP contribution is 2.47. The number of ether oxygens (including phenoxy) is 1. The van der Waals surface area contributed by atoms with Gasteiger partial charge in [-0.05, 0) is 30.2 Å². The van der Waals surface area contributed by atoms with Crippen LogP contribution >= 0.6 is 0 Å². The van der Waals surface area contributed by atoms with Crippen molar-refractivity contribution < 1.29 is 34.1 Å². The predicted molar refractivity (Wildman–Crippen MR) is 118 cm³/mol.